The molecular weight excluding hydrogens is 364 g/mol. The molecule has 2 aromatic carbocycles. The Bertz CT molecular complexity index is 965. The number of aliphatic hydroxyl groups is 1. The number of amides is 2. The molecule has 144 valence electrons. The molecule has 3 N–H and O–H groups in total. The number of carbonyl (C=O) groups is 3. The van der Waals surface area contributed by atoms with E-state index in [9.17, 15) is 19.5 Å². The number of carbonyl (C=O) groups excluding carboxylic acids is 2. The molecule has 0 fully saturated rings. The molecule has 0 saturated carbocycles. The number of carboxylic acid groups (broad SMARTS) is 1. The SMILES string of the molecule is COc1ccc(-c2ccc(C(=O)O)c(NC3=CC(=O)N(CCO)C3=O)c2)cc1. The summed E-state index contributed by atoms with van der Waals surface area (Å²) in [6, 6.07) is 11.9. The maximum absolute atomic E-state index is 12.3. The highest BCUT2D eigenvalue weighted by atomic mass is 16.5. The predicted octanol–water partition coefficient (Wildman–Crippen LogP) is 1.72. The van der Waals surface area contributed by atoms with Crippen molar-refractivity contribution in [2.75, 3.05) is 25.6 Å². The van der Waals surface area contributed by atoms with E-state index in [0.717, 1.165) is 22.1 Å². The first-order valence-corrected chi connectivity index (χ1v) is 8.41. The number of nitrogens with one attached hydrogen (secondary N) is 1. The molecule has 8 heteroatoms. The number of nitrogens with zero attached hydrogens (tertiary/aromatic N) is 1. The van der Waals surface area contributed by atoms with Crippen molar-refractivity contribution in [3.8, 4) is 16.9 Å². The second-order valence-corrected chi connectivity index (χ2v) is 6.00. The van der Waals surface area contributed by atoms with E-state index in [4.69, 9.17) is 9.84 Å². The van der Waals surface area contributed by atoms with Crippen LogP contribution in [0, 0.1) is 0 Å². The van der Waals surface area contributed by atoms with Crippen LogP contribution in [-0.4, -0.2) is 53.2 Å². The number of hydrogen-bond acceptors (Lipinski definition) is 6. The molecule has 1 heterocycles. The summed E-state index contributed by atoms with van der Waals surface area (Å²) in [7, 11) is 1.56. The lowest BCUT2D eigenvalue weighted by Crippen LogP contribution is -2.34. The summed E-state index contributed by atoms with van der Waals surface area (Å²) in [6.07, 6.45) is 1.09. The predicted molar refractivity (Wildman–Crippen MR) is 101 cm³/mol. The fourth-order valence-corrected chi connectivity index (χ4v) is 2.85. The van der Waals surface area contributed by atoms with Gasteiger partial charge in [0.15, 0.2) is 0 Å². The molecule has 3 rings (SSSR count). The zero-order valence-electron chi connectivity index (χ0n) is 15.0. The highest BCUT2D eigenvalue weighted by Gasteiger charge is 2.31. The van der Waals surface area contributed by atoms with Crippen molar-refractivity contribution >= 4 is 23.5 Å². The molecule has 0 aliphatic carbocycles. The number of imide groups is 1. The number of aromatic carboxylic acids is 1. The maximum Gasteiger partial charge on any atom is 0.337 e. The smallest absolute Gasteiger partial charge is 0.337 e. The molecule has 0 bridgehead atoms. The number of ether oxygens (including phenoxy) is 1. The quantitative estimate of drug-likeness (QED) is 0.624. The lowest BCUT2D eigenvalue weighted by atomic mass is 10.0. The van der Waals surface area contributed by atoms with E-state index in [-0.39, 0.29) is 30.1 Å². The average molecular weight is 382 g/mol. The number of carboxylic acids is 1. The van der Waals surface area contributed by atoms with E-state index in [1.54, 1.807) is 31.4 Å². The third-order valence-electron chi connectivity index (χ3n) is 4.28. The van der Waals surface area contributed by atoms with Crippen LogP contribution in [0.2, 0.25) is 0 Å². The lowest BCUT2D eigenvalue weighted by Gasteiger charge is -2.15. The number of benzene rings is 2. The molecule has 0 unspecified atom stereocenters. The van der Waals surface area contributed by atoms with E-state index in [1.165, 1.54) is 6.07 Å². The minimum Gasteiger partial charge on any atom is -0.497 e. The van der Waals surface area contributed by atoms with Gasteiger partial charge in [-0.3, -0.25) is 14.5 Å². The van der Waals surface area contributed by atoms with Gasteiger partial charge in [-0.15, -0.1) is 0 Å². The van der Waals surface area contributed by atoms with Crippen LogP contribution < -0.4 is 10.1 Å². The Balaban J connectivity index is 1.95. The number of hydrogen-bond donors (Lipinski definition) is 3. The number of anilines is 1. The summed E-state index contributed by atoms with van der Waals surface area (Å²) in [5, 5.41) is 21.2. The maximum atomic E-state index is 12.3. The summed E-state index contributed by atoms with van der Waals surface area (Å²) >= 11 is 0. The zero-order chi connectivity index (χ0) is 20.3. The topological polar surface area (TPSA) is 116 Å². The van der Waals surface area contributed by atoms with Gasteiger partial charge in [-0.1, -0.05) is 18.2 Å². The Morgan fingerprint density at radius 1 is 1.11 bits per heavy atom. The highest BCUT2D eigenvalue weighted by molar-refractivity contribution is 6.17. The van der Waals surface area contributed by atoms with Crippen LogP contribution in [0.15, 0.2) is 54.2 Å². The monoisotopic (exact) mass is 382 g/mol. The fraction of sp³-hybridized carbons (Fsp3) is 0.150. The van der Waals surface area contributed by atoms with Crippen LogP contribution in [0.4, 0.5) is 5.69 Å². The Morgan fingerprint density at radius 3 is 2.39 bits per heavy atom. The molecule has 2 aromatic rings. The highest BCUT2D eigenvalue weighted by Crippen LogP contribution is 2.29. The Morgan fingerprint density at radius 2 is 1.79 bits per heavy atom. The molecule has 0 radical (unpaired) electrons. The van der Waals surface area contributed by atoms with Crippen LogP contribution in [0.5, 0.6) is 5.75 Å². The van der Waals surface area contributed by atoms with Crippen molar-refractivity contribution in [3.05, 3.63) is 59.8 Å². The van der Waals surface area contributed by atoms with Crippen LogP contribution >= 0.6 is 0 Å². The van der Waals surface area contributed by atoms with Gasteiger partial charge in [0.1, 0.15) is 11.4 Å². The van der Waals surface area contributed by atoms with Gasteiger partial charge in [-0.25, -0.2) is 4.79 Å². The molecule has 0 saturated heterocycles. The molecular formula is C20H18N2O6. The average Bonchev–Trinajstić information content (AvgIpc) is 2.95. The third kappa shape index (κ3) is 3.72. The van der Waals surface area contributed by atoms with Gasteiger partial charge in [-0.05, 0) is 35.4 Å². The Labute approximate surface area is 160 Å². The summed E-state index contributed by atoms with van der Waals surface area (Å²) < 4.78 is 5.13. The minimum absolute atomic E-state index is 0.0426. The summed E-state index contributed by atoms with van der Waals surface area (Å²) in [5.41, 5.74) is 1.64. The first-order valence-electron chi connectivity index (χ1n) is 8.41. The number of aliphatic hydroxyl groups excluding tert-OH is 1. The molecule has 8 nitrogen and oxygen atoms in total. The first kappa shape index (κ1) is 19.1. The summed E-state index contributed by atoms with van der Waals surface area (Å²) in [5.74, 6) is -1.67. The van der Waals surface area contributed by atoms with E-state index in [2.05, 4.69) is 5.32 Å². The van der Waals surface area contributed by atoms with Gasteiger partial charge in [0.05, 0.1) is 31.5 Å². The normalized spacial score (nSPS) is 13.5. The second kappa shape index (κ2) is 7.93. The van der Waals surface area contributed by atoms with Crippen molar-refractivity contribution in [1.82, 2.24) is 4.90 Å². The number of methoxy groups -OCH3 is 1. The van der Waals surface area contributed by atoms with Gasteiger partial charge >= 0.3 is 5.97 Å². The second-order valence-electron chi connectivity index (χ2n) is 6.00. The van der Waals surface area contributed by atoms with Gasteiger partial charge in [0, 0.05) is 6.08 Å². The molecule has 1 aliphatic rings. The molecule has 1 aliphatic heterocycles. The van der Waals surface area contributed by atoms with Gasteiger partial charge in [0.2, 0.25) is 0 Å². The van der Waals surface area contributed by atoms with Crippen LogP contribution in [0.3, 0.4) is 0 Å². The first-order chi connectivity index (χ1) is 13.4. The molecule has 0 atom stereocenters. The minimum atomic E-state index is -1.17. The van der Waals surface area contributed by atoms with Crippen molar-refractivity contribution in [2.24, 2.45) is 0 Å². The van der Waals surface area contributed by atoms with E-state index >= 15 is 0 Å². The summed E-state index contributed by atoms with van der Waals surface area (Å²) in [4.78, 5) is 36.7. The van der Waals surface area contributed by atoms with Crippen LogP contribution in [-0.2, 0) is 9.59 Å². The zero-order valence-corrected chi connectivity index (χ0v) is 15.0. The van der Waals surface area contributed by atoms with E-state index in [1.807, 2.05) is 12.1 Å². The number of rotatable bonds is 7. The van der Waals surface area contributed by atoms with Crippen molar-refractivity contribution in [2.45, 2.75) is 0 Å². The van der Waals surface area contributed by atoms with Crippen molar-refractivity contribution < 1.29 is 29.3 Å². The lowest BCUT2D eigenvalue weighted by molar-refractivity contribution is -0.137. The van der Waals surface area contributed by atoms with Gasteiger partial charge in [-0.2, -0.15) is 0 Å². The molecule has 28 heavy (non-hydrogen) atoms. The molecule has 2 amide bonds. The molecule has 0 aromatic heterocycles. The van der Waals surface area contributed by atoms with Crippen molar-refractivity contribution in [1.29, 1.82) is 0 Å². The number of β-amino-alcohol motifs (C(OH)–C–C–N with tert-alkyl or cyclic N) is 1. The van der Waals surface area contributed by atoms with Crippen LogP contribution in [0.1, 0.15) is 10.4 Å². The van der Waals surface area contributed by atoms with Gasteiger partial charge < -0.3 is 20.3 Å². The van der Waals surface area contributed by atoms with Crippen molar-refractivity contribution in [3.63, 3.8) is 0 Å². The molecule has 0 spiro atoms. The largest absolute Gasteiger partial charge is 0.497 e. The third-order valence-corrected chi connectivity index (χ3v) is 4.28. The van der Waals surface area contributed by atoms with E-state index < -0.39 is 17.8 Å². The standard InChI is InChI=1S/C20H18N2O6/c1-28-14-5-2-12(3-6-14)13-4-7-15(20(26)27)16(10-13)21-17-11-18(24)22(8-9-23)19(17)25/h2-7,10-11,21,23H,8-9H2,1H3,(H,26,27). The van der Waals surface area contributed by atoms with E-state index in [0.29, 0.717) is 5.75 Å². The van der Waals surface area contributed by atoms with Gasteiger partial charge in [0.25, 0.3) is 11.8 Å². The van der Waals surface area contributed by atoms with Crippen LogP contribution in [0.25, 0.3) is 11.1 Å². The fourth-order valence-electron chi connectivity index (χ4n) is 2.85. The summed E-state index contributed by atoms with van der Waals surface area (Å²) in [6.45, 7) is -0.483. The Hall–Kier alpha value is -3.65. The Kier molecular flexibility index (Phi) is 5.42.